The van der Waals surface area contributed by atoms with E-state index in [0.717, 1.165) is 19.0 Å². The van der Waals surface area contributed by atoms with Crippen LogP contribution < -0.4 is 0 Å². The first kappa shape index (κ1) is 11.6. The number of nitrogens with zero attached hydrogens (tertiary/aromatic N) is 2. The zero-order valence-electron chi connectivity index (χ0n) is 9.92. The first-order valence-corrected chi connectivity index (χ1v) is 6.27. The SMILES string of the molecule is O=C(c1ccc(F)cn1)N1C2CCC1CC(O)C2. The first-order chi connectivity index (χ1) is 8.65. The van der Waals surface area contributed by atoms with Crippen LogP contribution in [0.2, 0.25) is 0 Å². The van der Waals surface area contributed by atoms with E-state index in [9.17, 15) is 14.3 Å². The lowest BCUT2D eigenvalue weighted by atomic mass is 9.99. The predicted octanol–water partition coefficient (Wildman–Crippen LogP) is 1.35. The minimum absolute atomic E-state index is 0.109. The lowest BCUT2D eigenvalue weighted by Gasteiger charge is -2.36. The van der Waals surface area contributed by atoms with Gasteiger partial charge in [0, 0.05) is 12.1 Å². The molecule has 2 aliphatic rings. The van der Waals surface area contributed by atoms with Crippen LogP contribution in [-0.4, -0.2) is 39.1 Å². The number of aromatic nitrogens is 1. The quantitative estimate of drug-likeness (QED) is 0.818. The molecule has 2 unspecified atom stereocenters. The van der Waals surface area contributed by atoms with Crippen LogP contribution in [0, 0.1) is 5.82 Å². The summed E-state index contributed by atoms with van der Waals surface area (Å²) < 4.78 is 12.8. The van der Waals surface area contributed by atoms with Crippen molar-refractivity contribution in [1.29, 1.82) is 0 Å². The number of pyridine rings is 1. The van der Waals surface area contributed by atoms with Gasteiger partial charge in [-0.1, -0.05) is 0 Å². The summed E-state index contributed by atoms with van der Waals surface area (Å²) in [5, 5.41) is 9.69. The summed E-state index contributed by atoms with van der Waals surface area (Å²) in [6, 6.07) is 2.89. The molecule has 96 valence electrons. The molecule has 1 aromatic heterocycles. The lowest BCUT2D eigenvalue weighted by Crippen LogP contribution is -2.48. The van der Waals surface area contributed by atoms with Gasteiger partial charge in [0.05, 0.1) is 12.3 Å². The Bertz CT molecular complexity index is 449. The third-order valence-corrected chi connectivity index (χ3v) is 3.89. The molecule has 2 atom stereocenters. The van der Waals surface area contributed by atoms with Crippen molar-refractivity contribution in [1.82, 2.24) is 9.88 Å². The minimum atomic E-state index is -0.441. The van der Waals surface area contributed by atoms with Crippen LogP contribution in [0.4, 0.5) is 4.39 Å². The van der Waals surface area contributed by atoms with Gasteiger partial charge >= 0.3 is 0 Å². The third kappa shape index (κ3) is 1.88. The van der Waals surface area contributed by atoms with Gasteiger partial charge in [0.2, 0.25) is 0 Å². The standard InChI is InChI=1S/C13H15FN2O2/c14-8-1-4-12(15-7-8)13(18)16-9-2-3-10(16)6-11(17)5-9/h1,4,7,9-11,17H,2-3,5-6H2. The normalized spacial score (nSPS) is 30.6. The van der Waals surface area contributed by atoms with Crippen LogP contribution >= 0.6 is 0 Å². The van der Waals surface area contributed by atoms with Gasteiger partial charge in [0.15, 0.2) is 0 Å². The van der Waals surface area contributed by atoms with Crippen LogP contribution in [-0.2, 0) is 0 Å². The average Bonchev–Trinajstić information content (AvgIpc) is 2.62. The van der Waals surface area contributed by atoms with E-state index < -0.39 is 5.82 Å². The van der Waals surface area contributed by atoms with Crippen LogP contribution in [0.25, 0.3) is 0 Å². The molecule has 5 heteroatoms. The number of fused-ring (bicyclic) bond motifs is 2. The molecule has 2 fully saturated rings. The van der Waals surface area contributed by atoms with Gasteiger partial charge in [-0.3, -0.25) is 4.79 Å². The second-order valence-corrected chi connectivity index (χ2v) is 5.08. The van der Waals surface area contributed by atoms with Crippen molar-refractivity contribution in [2.24, 2.45) is 0 Å². The number of hydrogen-bond acceptors (Lipinski definition) is 3. The number of aliphatic hydroxyl groups is 1. The smallest absolute Gasteiger partial charge is 0.272 e. The van der Waals surface area contributed by atoms with Crippen molar-refractivity contribution in [2.75, 3.05) is 0 Å². The van der Waals surface area contributed by atoms with E-state index in [2.05, 4.69) is 4.98 Å². The zero-order chi connectivity index (χ0) is 12.7. The Labute approximate surface area is 104 Å². The highest BCUT2D eigenvalue weighted by atomic mass is 19.1. The van der Waals surface area contributed by atoms with Crippen LogP contribution in [0.5, 0.6) is 0 Å². The number of carbonyl (C=O) groups is 1. The third-order valence-electron chi connectivity index (χ3n) is 3.89. The number of halogens is 1. The second-order valence-electron chi connectivity index (χ2n) is 5.08. The van der Waals surface area contributed by atoms with Crippen LogP contribution in [0.3, 0.4) is 0 Å². The average molecular weight is 250 g/mol. The van der Waals surface area contributed by atoms with E-state index in [4.69, 9.17) is 0 Å². The Morgan fingerprint density at radius 1 is 1.33 bits per heavy atom. The Balaban J connectivity index is 1.83. The fourth-order valence-corrected chi connectivity index (χ4v) is 3.11. The van der Waals surface area contributed by atoms with E-state index in [0.29, 0.717) is 12.8 Å². The number of amides is 1. The molecule has 1 N–H and O–H groups in total. The first-order valence-electron chi connectivity index (χ1n) is 6.27. The van der Waals surface area contributed by atoms with Crippen LogP contribution in [0.1, 0.15) is 36.2 Å². The monoisotopic (exact) mass is 250 g/mol. The van der Waals surface area contributed by atoms with Gasteiger partial charge < -0.3 is 10.0 Å². The highest BCUT2D eigenvalue weighted by molar-refractivity contribution is 5.93. The van der Waals surface area contributed by atoms with E-state index in [-0.39, 0.29) is 29.8 Å². The zero-order valence-corrected chi connectivity index (χ0v) is 9.92. The molecule has 2 bridgehead atoms. The number of carbonyl (C=O) groups excluding carboxylic acids is 1. The number of hydrogen-bond donors (Lipinski definition) is 1. The van der Waals surface area contributed by atoms with E-state index >= 15 is 0 Å². The minimum Gasteiger partial charge on any atom is -0.393 e. The summed E-state index contributed by atoms with van der Waals surface area (Å²) in [5.74, 6) is -0.585. The van der Waals surface area contributed by atoms with Gasteiger partial charge in [-0.15, -0.1) is 0 Å². The molecule has 0 aromatic carbocycles. The summed E-state index contributed by atoms with van der Waals surface area (Å²) in [6.45, 7) is 0. The van der Waals surface area contributed by atoms with Gasteiger partial charge in [-0.05, 0) is 37.8 Å². The molecule has 4 nitrogen and oxygen atoms in total. The molecule has 1 aromatic rings. The molecular weight excluding hydrogens is 235 g/mol. The number of rotatable bonds is 1. The number of aliphatic hydroxyl groups excluding tert-OH is 1. The van der Waals surface area contributed by atoms with Gasteiger partial charge in [-0.25, -0.2) is 9.37 Å². The van der Waals surface area contributed by atoms with Gasteiger partial charge in [0.25, 0.3) is 5.91 Å². The Morgan fingerprint density at radius 2 is 2.00 bits per heavy atom. The second kappa shape index (κ2) is 4.31. The molecule has 3 heterocycles. The lowest BCUT2D eigenvalue weighted by molar-refractivity contribution is 0.0282. The predicted molar refractivity (Wildman–Crippen MR) is 62.4 cm³/mol. The Kier molecular flexibility index (Phi) is 2.78. The van der Waals surface area contributed by atoms with Crippen molar-refractivity contribution in [2.45, 2.75) is 43.9 Å². The molecule has 0 radical (unpaired) electrons. The van der Waals surface area contributed by atoms with E-state index in [1.165, 1.54) is 12.1 Å². The van der Waals surface area contributed by atoms with Gasteiger partial charge in [0.1, 0.15) is 11.5 Å². The largest absolute Gasteiger partial charge is 0.393 e. The summed E-state index contributed by atoms with van der Waals surface area (Å²) in [7, 11) is 0. The summed E-state index contributed by atoms with van der Waals surface area (Å²) in [5.41, 5.74) is 0.282. The maximum Gasteiger partial charge on any atom is 0.272 e. The Hall–Kier alpha value is -1.49. The molecule has 0 spiro atoms. The van der Waals surface area contributed by atoms with Crippen molar-refractivity contribution in [3.8, 4) is 0 Å². The molecule has 0 saturated carbocycles. The van der Waals surface area contributed by atoms with Crippen molar-refractivity contribution in [3.63, 3.8) is 0 Å². The molecule has 2 saturated heterocycles. The number of piperidine rings is 1. The van der Waals surface area contributed by atoms with Crippen molar-refractivity contribution < 1.29 is 14.3 Å². The van der Waals surface area contributed by atoms with E-state index in [1.54, 1.807) is 0 Å². The highest BCUT2D eigenvalue weighted by Gasteiger charge is 2.43. The molecule has 2 aliphatic heterocycles. The highest BCUT2D eigenvalue weighted by Crippen LogP contribution is 2.36. The van der Waals surface area contributed by atoms with Crippen molar-refractivity contribution in [3.05, 3.63) is 29.8 Å². The Morgan fingerprint density at radius 3 is 2.56 bits per heavy atom. The molecule has 18 heavy (non-hydrogen) atoms. The maximum atomic E-state index is 12.8. The molecule has 3 rings (SSSR count). The van der Waals surface area contributed by atoms with Crippen molar-refractivity contribution >= 4 is 5.91 Å². The fraction of sp³-hybridized carbons (Fsp3) is 0.538. The summed E-state index contributed by atoms with van der Waals surface area (Å²) >= 11 is 0. The molecular formula is C13H15FN2O2. The van der Waals surface area contributed by atoms with Crippen LogP contribution in [0.15, 0.2) is 18.3 Å². The summed E-state index contributed by atoms with van der Waals surface area (Å²) in [4.78, 5) is 18.0. The summed E-state index contributed by atoms with van der Waals surface area (Å²) in [6.07, 6.45) is 3.93. The topological polar surface area (TPSA) is 53.4 Å². The fourth-order valence-electron chi connectivity index (χ4n) is 3.11. The molecule has 1 amide bonds. The van der Waals surface area contributed by atoms with E-state index in [1.807, 2.05) is 4.90 Å². The molecule has 0 aliphatic carbocycles. The van der Waals surface area contributed by atoms with Gasteiger partial charge in [-0.2, -0.15) is 0 Å². The maximum absolute atomic E-state index is 12.8.